The van der Waals surface area contributed by atoms with Crippen LogP contribution in [-0.2, 0) is 17.6 Å². The molecule has 3 aromatic carbocycles. The molecule has 2 heterocycles. The van der Waals surface area contributed by atoms with E-state index in [-0.39, 0.29) is 5.75 Å². The number of aromatic nitrogens is 2. The molecule has 0 saturated carbocycles. The Hall–Kier alpha value is -3.25. The average molecular weight is 511 g/mol. The van der Waals surface area contributed by atoms with Crippen LogP contribution in [-0.4, -0.2) is 79.8 Å². The smallest absolute Gasteiger partial charge is 0.288 e. The number of nitrogens with zero attached hydrogens (tertiary/aromatic N) is 1. The molecular weight excluding hydrogens is 480 g/mol. The highest BCUT2D eigenvalue weighted by Crippen LogP contribution is 2.37. The molecule has 5 rings (SSSR count). The van der Waals surface area contributed by atoms with Gasteiger partial charge in [-0.25, -0.2) is 0 Å². The van der Waals surface area contributed by atoms with Gasteiger partial charge in [0.25, 0.3) is 5.79 Å². The molecule has 1 aromatic heterocycles. The summed E-state index contributed by atoms with van der Waals surface area (Å²) in [6.45, 7) is 1.16. The highest BCUT2D eigenvalue weighted by Gasteiger charge is 2.57. The fourth-order valence-electron chi connectivity index (χ4n) is 4.78. The first-order chi connectivity index (χ1) is 17.7. The number of hydrogen-bond donors (Lipinski definition) is 6. The Morgan fingerprint density at radius 3 is 2.54 bits per heavy atom. The first-order valence-corrected chi connectivity index (χ1v) is 12.0. The standard InChI is InChI=1S/C27H30N2O8/c1-14-9-20-23(21(10-14)37-27(34)25(32)24(31)22(13-30)36-26(27)33)19(28-29-20)8-4-15-3-5-17-12-18(35-2)7-6-16(17)11-15/h3,5-7,9-12,22,24-26,30-34H,4,8,13H2,1-2H3,(H,28,29)/t22-,24-,25+,26+,27+/m1/s1. The molecule has 0 bridgehead atoms. The van der Waals surface area contributed by atoms with E-state index in [0.29, 0.717) is 29.4 Å². The molecule has 0 amide bonds. The van der Waals surface area contributed by atoms with Crippen LogP contribution in [0.15, 0.2) is 48.5 Å². The Bertz CT molecular complexity index is 1420. The highest BCUT2D eigenvalue weighted by molar-refractivity contribution is 5.89. The fraction of sp³-hybridized carbons (Fsp3) is 0.370. The molecule has 10 nitrogen and oxygen atoms in total. The summed E-state index contributed by atoms with van der Waals surface area (Å²) in [5.74, 6) is -1.73. The number of nitrogens with one attached hydrogen (secondary N) is 1. The maximum Gasteiger partial charge on any atom is 0.288 e. The van der Waals surface area contributed by atoms with Crippen LogP contribution >= 0.6 is 0 Å². The average Bonchev–Trinajstić information content (AvgIpc) is 3.31. The Morgan fingerprint density at radius 2 is 1.78 bits per heavy atom. The molecule has 0 aliphatic carbocycles. The lowest BCUT2D eigenvalue weighted by Crippen LogP contribution is -2.69. The molecule has 1 fully saturated rings. The van der Waals surface area contributed by atoms with Gasteiger partial charge >= 0.3 is 0 Å². The van der Waals surface area contributed by atoms with Crippen LogP contribution in [0.5, 0.6) is 11.5 Å². The number of aliphatic hydroxyl groups excluding tert-OH is 4. The van der Waals surface area contributed by atoms with Crippen molar-refractivity contribution < 1.29 is 39.7 Å². The van der Waals surface area contributed by atoms with E-state index in [0.717, 1.165) is 27.6 Å². The van der Waals surface area contributed by atoms with E-state index >= 15 is 0 Å². The van der Waals surface area contributed by atoms with Gasteiger partial charge in [0.1, 0.15) is 23.7 Å². The molecule has 0 unspecified atom stereocenters. The molecule has 6 N–H and O–H groups in total. The van der Waals surface area contributed by atoms with Crippen molar-refractivity contribution >= 4 is 21.7 Å². The van der Waals surface area contributed by atoms with E-state index in [1.807, 2.05) is 43.3 Å². The minimum absolute atomic E-state index is 0.156. The predicted molar refractivity (Wildman–Crippen MR) is 134 cm³/mol. The van der Waals surface area contributed by atoms with Crippen LogP contribution in [0.2, 0.25) is 0 Å². The van der Waals surface area contributed by atoms with E-state index in [9.17, 15) is 25.5 Å². The Kier molecular flexibility index (Phi) is 6.80. The van der Waals surface area contributed by atoms with Gasteiger partial charge in [0, 0.05) is 0 Å². The quantitative estimate of drug-likeness (QED) is 0.202. The van der Waals surface area contributed by atoms with Crippen molar-refractivity contribution in [2.45, 2.75) is 50.2 Å². The number of aliphatic hydroxyl groups is 5. The van der Waals surface area contributed by atoms with Crippen LogP contribution in [0, 0.1) is 6.92 Å². The van der Waals surface area contributed by atoms with Gasteiger partial charge in [0.15, 0.2) is 6.10 Å². The van der Waals surface area contributed by atoms with Crippen molar-refractivity contribution in [3.63, 3.8) is 0 Å². The maximum atomic E-state index is 11.0. The third-order valence-corrected chi connectivity index (χ3v) is 6.85. The zero-order chi connectivity index (χ0) is 26.3. The second-order valence-electron chi connectivity index (χ2n) is 9.40. The highest BCUT2D eigenvalue weighted by atomic mass is 16.7. The number of H-pyrrole nitrogens is 1. The zero-order valence-corrected chi connectivity index (χ0v) is 20.5. The van der Waals surface area contributed by atoms with E-state index in [1.54, 1.807) is 13.2 Å². The molecule has 37 heavy (non-hydrogen) atoms. The number of benzene rings is 3. The SMILES string of the molecule is COc1ccc2cc(CCc3n[nH]c4cc(C)cc(O[C@]5(O)[C@@H](O)O[C@H](CO)[C@@H](O)[C@@H]5O)c34)ccc2c1. The van der Waals surface area contributed by atoms with Gasteiger partial charge in [-0.3, -0.25) is 5.10 Å². The second kappa shape index (κ2) is 9.90. The summed E-state index contributed by atoms with van der Waals surface area (Å²) < 4.78 is 16.2. The van der Waals surface area contributed by atoms with Crippen molar-refractivity contribution in [2.24, 2.45) is 0 Å². The lowest BCUT2D eigenvalue weighted by atomic mass is 9.95. The Balaban J connectivity index is 1.43. The maximum absolute atomic E-state index is 11.0. The number of ether oxygens (including phenoxy) is 3. The minimum atomic E-state index is -2.68. The lowest BCUT2D eigenvalue weighted by Gasteiger charge is -2.45. The van der Waals surface area contributed by atoms with Crippen LogP contribution in [0.1, 0.15) is 16.8 Å². The van der Waals surface area contributed by atoms with Crippen LogP contribution < -0.4 is 9.47 Å². The Morgan fingerprint density at radius 1 is 1.03 bits per heavy atom. The number of aromatic amines is 1. The van der Waals surface area contributed by atoms with Crippen LogP contribution in [0.4, 0.5) is 0 Å². The largest absolute Gasteiger partial charge is 0.497 e. The predicted octanol–water partition coefficient (Wildman–Crippen LogP) is 1.32. The summed E-state index contributed by atoms with van der Waals surface area (Å²) in [5, 5.41) is 61.7. The summed E-state index contributed by atoms with van der Waals surface area (Å²) >= 11 is 0. The molecular formula is C27H30N2O8. The van der Waals surface area contributed by atoms with Crippen molar-refractivity contribution in [3.05, 3.63) is 65.4 Å². The molecule has 0 radical (unpaired) electrons. The van der Waals surface area contributed by atoms with E-state index in [2.05, 4.69) is 16.3 Å². The van der Waals surface area contributed by atoms with Crippen LogP contribution in [0.25, 0.3) is 21.7 Å². The normalized spacial score (nSPS) is 26.0. The monoisotopic (exact) mass is 510 g/mol. The van der Waals surface area contributed by atoms with Gasteiger partial charge in [-0.1, -0.05) is 24.3 Å². The topological polar surface area (TPSA) is 158 Å². The van der Waals surface area contributed by atoms with Crippen molar-refractivity contribution in [2.75, 3.05) is 13.7 Å². The molecule has 5 atom stereocenters. The summed E-state index contributed by atoms with van der Waals surface area (Å²) in [6, 6.07) is 15.6. The molecule has 0 spiro atoms. The Labute approximate surface area is 212 Å². The van der Waals surface area contributed by atoms with Gasteiger partial charge in [0.2, 0.25) is 6.29 Å². The number of hydrogen-bond acceptors (Lipinski definition) is 9. The van der Waals surface area contributed by atoms with E-state index in [4.69, 9.17) is 14.2 Å². The van der Waals surface area contributed by atoms with Crippen molar-refractivity contribution in [1.82, 2.24) is 10.2 Å². The molecule has 4 aromatic rings. The second-order valence-corrected chi connectivity index (χ2v) is 9.40. The molecule has 196 valence electrons. The third-order valence-electron chi connectivity index (χ3n) is 6.85. The molecule has 1 aliphatic heterocycles. The first-order valence-electron chi connectivity index (χ1n) is 12.0. The van der Waals surface area contributed by atoms with Crippen LogP contribution in [0.3, 0.4) is 0 Å². The number of aryl methyl sites for hydroxylation is 3. The van der Waals surface area contributed by atoms with E-state index in [1.165, 1.54) is 0 Å². The minimum Gasteiger partial charge on any atom is -0.497 e. The van der Waals surface area contributed by atoms with Gasteiger partial charge in [-0.15, -0.1) is 0 Å². The van der Waals surface area contributed by atoms with Gasteiger partial charge < -0.3 is 39.7 Å². The zero-order valence-electron chi connectivity index (χ0n) is 20.5. The summed E-state index contributed by atoms with van der Waals surface area (Å²) in [4.78, 5) is 0. The van der Waals surface area contributed by atoms with E-state index < -0.39 is 37.0 Å². The van der Waals surface area contributed by atoms with Crippen molar-refractivity contribution in [1.29, 1.82) is 0 Å². The number of rotatable bonds is 7. The number of fused-ring (bicyclic) bond motifs is 2. The third kappa shape index (κ3) is 4.63. The first kappa shape index (κ1) is 25.4. The molecule has 10 heteroatoms. The lowest BCUT2D eigenvalue weighted by molar-refractivity contribution is -0.385. The summed E-state index contributed by atoms with van der Waals surface area (Å²) in [6.07, 6.45) is -5.73. The molecule has 1 saturated heterocycles. The summed E-state index contributed by atoms with van der Waals surface area (Å²) in [5.41, 5.74) is 3.19. The van der Waals surface area contributed by atoms with Gasteiger partial charge in [0.05, 0.1) is 30.3 Å². The summed E-state index contributed by atoms with van der Waals surface area (Å²) in [7, 11) is 1.64. The van der Waals surface area contributed by atoms with Crippen molar-refractivity contribution in [3.8, 4) is 11.5 Å². The number of methoxy groups -OCH3 is 1. The molecule has 1 aliphatic rings. The van der Waals surface area contributed by atoms with Gasteiger partial charge in [-0.05, 0) is 65.9 Å². The van der Waals surface area contributed by atoms with Gasteiger partial charge in [-0.2, -0.15) is 5.10 Å². The fourth-order valence-corrected chi connectivity index (χ4v) is 4.78.